The minimum atomic E-state index is -1.23. The molecule has 0 atom stereocenters. The highest BCUT2D eigenvalue weighted by Gasteiger charge is 2.18. The van der Waals surface area contributed by atoms with E-state index in [1.807, 2.05) is 0 Å². The third kappa shape index (κ3) is 9.53. The molecule has 0 unspecified atom stereocenters. The van der Waals surface area contributed by atoms with Crippen LogP contribution < -0.4 is 5.32 Å². The van der Waals surface area contributed by atoms with Gasteiger partial charge in [0, 0.05) is 19.3 Å². The fourth-order valence-corrected chi connectivity index (χ4v) is 2.70. The summed E-state index contributed by atoms with van der Waals surface area (Å²) in [6.07, 6.45) is 1.45. The van der Waals surface area contributed by atoms with Crippen molar-refractivity contribution in [1.29, 1.82) is 0 Å². The summed E-state index contributed by atoms with van der Waals surface area (Å²) in [5, 5.41) is 44.8. The Morgan fingerprint density at radius 3 is 1.88 bits per heavy atom. The number of aromatic nitrogens is 6. The van der Waals surface area contributed by atoms with Crippen LogP contribution in [0, 0.1) is 6.92 Å². The molecule has 0 aromatic carbocycles. The second-order valence-corrected chi connectivity index (χ2v) is 7.02. The van der Waals surface area contributed by atoms with Crippen LogP contribution in [0.2, 0.25) is 0 Å². The Bertz CT molecular complexity index is 1000. The number of carboxylic acid groups (broad SMARTS) is 3. The molecule has 34 heavy (non-hydrogen) atoms. The van der Waals surface area contributed by atoms with Gasteiger partial charge < -0.3 is 20.6 Å². The summed E-state index contributed by atoms with van der Waals surface area (Å²) in [4.78, 5) is 56.0. The largest absolute Gasteiger partial charge is 0.480 e. The summed E-state index contributed by atoms with van der Waals surface area (Å²) < 4.78 is 0. The number of nitrogens with zero attached hydrogens (tertiary/aromatic N) is 8. The molecule has 0 bridgehead atoms. The smallest absolute Gasteiger partial charge is 0.317 e. The first kappa shape index (κ1) is 26.1. The minimum Gasteiger partial charge on any atom is -0.480 e. The van der Waals surface area contributed by atoms with E-state index in [0.29, 0.717) is 11.5 Å². The van der Waals surface area contributed by atoms with E-state index in [4.69, 9.17) is 15.3 Å². The molecule has 4 N–H and O–H groups in total. The van der Waals surface area contributed by atoms with Crippen molar-refractivity contribution in [2.45, 2.75) is 13.5 Å². The number of amides is 1. The lowest BCUT2D eigenvalue weighted by Gasteiger charge is -2.24. The maximum Gasteiger partial charge on any atom is 0.317 e. The van der Waals surface area contributed by atoms with Gasteiger partial charge in [-0.05, 0) is 13.0 Å². The molecule has 0 spiro atoms. The fraction of sp³-hybridized carbons (Fsp3) is 0.444. The zero-order valence-corrected chi connectivity index (χ0v) is 18.2. The van der Waals surface area contributed by atoms with Crippen molar-refractivity contribution >= 4 is 23.8 Å². The lowest BCUT2D eigenvalue weighted by Crippen LogP contribution is -2.45. The van der Waals surface area contributed by atoms with Crippen molar-refractivity contribution in [3.05, 3.63) is 23.8 Å². The molecule has 0 fully saturated rings. The van der Waals surface area contributed by atoms with Gasteiger partial charge in [0.2, 0.25) is 17.6 Å². The molecular weight excluding hydrogens is 454 g/mol. The topological polar surface area (TPSA) is 225 Å². The number of rotatable bonds is 14. The van der Waals surface area contributed by atoms with Crippen molar-refractivity contribution in [3.63, 3.8) is 0 Å². The number of carbonyl (C=O) groups excluding carboxylic acids is 1. The summed E-state index contributed by atoms with van der Waals surface area (Å²) in [5.74, 6) is -3.51. The molecule has 2 aromatic heterocycles. The molecule has 2 heterocycles. The molecule has 1 amide bonds. The van der Waals surface area contributed by atoms with Crippen LogP contribution in [0.15, 0.2) is 12.3 Å². The molecule has 0 radical (unpaired) electrons. The highest BCUT2D eigenvalue weighted by Crippen LogP contribution is 2.06. The van der Waals surface area contributed by atoms with Gasteiger partial charge in [0.25, 0.3) is 0 Å². The Balaban J connectivity index is 1.94. The van der Waals surface area contributed by atoms with Gasteiger partial charge in [-0.15, -0.1) is 20.4 Å². The average Bonchev–Trinajstić information content (AvgIpc) is 2.75. The van der Waals surface area contributed by atoms with Gasteiger partial charge in [0.15, 0.2) is 5.82 Å². The monoisotopic (exact) mass is 477 g/mol. The maximum absolute atomic E-state index is 12.4. The third-order valence-electron chi connectivity index (χ3n) is 4.14. The van der Waals surface area contributed by atoms with E-state index in [0.717, 1.165) is 4.90 Å². The standard InChI is InChI=1S/C18H23N9O7/c1-11-22-24-18(25-23-11)17-19-3-2-12(21-17)6-20-13(28)7-26(8-14(29)30)4-5-27(9-15(31)32)10-16(33)34/h2-3H,4-10H2,1H3,(H,20,28)(H,29,30)(H,31,32)(H,33,34). The molecule has 0 saturated heterocycles. The van der Waals surface area contributed by atoms with Crippen LogP contribution >= 0.6 is 0 Å². The molecule has 182 valence electrons. The molecule has 2 aromatic rings. The molecule has 0 aliphatic heterocycles. The van der Waals surface area contributed by atoms with Gasteiger partial charge >= 0.3 is 17.9 Å². The maximum atomic E-state index is 12.4. The van der Waals surface area contributed by atoms with Crippen LogP contribution in [0.4, 0.5) is 0 Å². The van der Waals surface area contributed by atoms with E-state index in [9.17, 15) is 19.2 Å². The van der Waals surface area contributed by atoms with E-state index in [2.05, 4.69) is 35.7 Å². The summed E-state index contributed by atoms with van der Waals surface area (Å²) in [6, 6.07) is 1.56. The lowest BCUT2D eigenvalue weighted by atomic mass is 10.3. The molecule has 0 aliphatic carbocycles. The van der Waals surface area contributed by atoms with Crippen LogP contribution in [0.25, 0.3) is 11.6 Å². The first-order valence-corrected chi connectivity index (χ1v) is 9.85. The summed E-state index contributed by atoms with van der Waals surface area (Å²) in [6.45, 7) is -0.352. The quantitative estimate of drug-likeness (QED) is 0.221. The Morgan fingerprint density at radius 2 is 1.35 bits per heavy atom. The molecule has 16 nitrogen and oxygen atoms in total. The Hall–Kier alpha value is -4.18. The highest BCUT2D eigenvalue weighted by atomic mass is 16.4. The van der Waals surface area contributed by atoms with E-state index < -0.39 is 43.4 Å². The predicted molar refractivity (Wildman–Crippen MR) is 111 cm³/mol. The van der Waals surface area contributed by atoms with Crippen molar-refractivity contribution in [1.82, 2.24) is 45.5 Å². The Morgan fingerprint density at radius 1 is 0.824 bits per heavy atom. The number of carboxylic acids is 3. The first-order valence-electron chi connectivity index (χ1n) is 9.85. The highest BCUT2D eigenvalue weighted by molar-refractivity contribution is 5.79. The number of hydrogen-bond acceptors (Lipinski definition) is 12. The summed E-state index contributed by atoms with van der Waals surface area (Å²) >= 11 is 0. The van der Waals surface area contributed by atoms with Crippen LogP contribution in [0.1, 0.15) is 11.5 Å². The van der Waals surface area contributed by atoms with E-state index >= 15 is 0 Å². The van der Waals surface area contributed by atoms with Crippen LogP contribution in [0.3, 0.4) is 0 Å². The van der Waals surface area contributed by atoms with Gasteiger partial charge in [0.05, 0.1) is 38.4 Å². The molecule has 16 heteroatoms. The number of aryl methyl sites for hydroxylation is 1. The Kier molecular flexibility index (Phi) is 9.78. The van der Waals surface area contributed by atoms with Crippen LogP contribution in [-0.2, 0) is 25.7 Å². The number of hydrogen-bond donors (Lipinski definition) is 4. The van der Waals surface area contributed by atoms with Gasteiger partial charge in [-0.2, -0.15) is 0 Å². The zero-order valence-electron chi connectivity index (χ0n) is 18.2. The number of carbonyl (C=O) groups is 4. The average molecular weight is 477 g/mol. The van der Waals surface area contributed by atoms with Crippen molar-refractivity contribution in [3.8, 4) is 11.6 Å². The molecule has 0 aliphatic rings. The minimum absolute atomic E-state index is 0.00609. The summed E-state index contributed by atoms with van der Waals surface area (Å²) in [5.41, 5.74) is 0.432. The van der Waals surface area contributed by atoms with E-state index in [1.54, 1.807) is 13.0 Å². The number of aliphatic carboxylic acids is 3. The molecule has 2 rings (SSSR count). The van der Waals surface area contributed by atoms with Gasteiger partial charge in [-0.1, -0.05) is 0 Å². The predicted octanol–water partition coefficient (Wildman–Crippen LogP) is -2.49. The number of nitrogens with one attached hydrogen (secondary N) is 1. The molecular formula is C18H23N9O7. The van der Waals surface area contributed by atoms with Crippen molar-refractivity contribution in [2.75, 3.05) is 39.3 Å². The zero-order chi connectivity index (χ0) is 25.1. The second-order valence-electron chi connectivity index (χ2n) is 7.02. The van der Waals surface area contributed by atoms with Gasteiger partial charge in [-0.25, -0.2) is 9.97 Å². The Labute approximate surface area is 192 Å². The van der Waals surface area contributed by atoms with E-state index in [-0.39, 0.29) is 37.8 Å². The first-order chi connectivity index (χ1) is 16.1. The van der Waals surface area contributed by atoms with Crippen LogP contribution in [-0.4, -0.2) is 119 Å². The van der Waals surface area contributed by atoms with Crippen molar-refractivity contribution < 1.29 is 34.5 Å². The SMILES string of the molecule is Cc1nnc(-c2nccc(CNC(=O)CN(CCN(CC(=O)O)CC(=O)O)CC(=O)O)n2)nn1. The van der Waals surface area contributed by atoms with E-state index in [1.165, 1.54) is 11.1 Å². The van der Waals surface area contributed by atoms with Gasteiger partial charge in [0.1, 0.15) is 0 Å². The fourth-order valence-electron chi connectivity index (χ4n) is 2.70. The van der Waals surface area contributed by atoms with Gasteiger partial charge in [-0.3, -0.25) is 29.0 Å². The lowest BCUT2D eigenvalue weighted by molar-refractivity contribution is -0.143. The normalized spacial score (nSPS) is 10.9. The third-order valence-corrected chi connectivity index (χ3v) is 4.14. The van der Waals surface area contributed by atoms with Crippen molar-refractivity contribution in [2.24, 2.45) is 0 Å². The van der Waals surface area contributed by atoms with Crippen LogP contribution in [0.5, 0.6) is 0 Å². The summed E-state index contributed by atoms with van der Waals surface area (Å²) in [7, 11) is 0. The molecule has 0 saturated carbocycles. The second kappa shape index (κ2) is 12.8.